The van der Waals surface area contributed by atoms with Crippen LogP contribution in [0.4, 0.5) is 0 Å². The van der Waals surface area contributed by atoms with Crippen LogP contribution in [0.3, 0.4) is 0 Å². The first-order valence-corrected chi connectivity index (χ1v) is 9.12. The Morgan fingerprint density at radius 2 is 1.70 bits per heavy atom. The van der Waals surface area contributed by atoms with E-state index in [1.54, 1.807) is 12.7 Å². The second-order valence-corrected chi connectivity index (χ2v) is 6.96. The third-order valence-electron chi connectivity index (χ3n) is 5.52. The minimum absolute atomic E-state index is 0.690. The molecule has 2 aromatic rings. The van der Waals surface area contributed by atoms with Crippen molar-refractivity contribution < 1.29 is 4.74 Å². The summed E-state index contributed by atoms with van der Waals surface area (Å²) in [4.78, 5) is 0. The third-order valence-corrected chi connectivity index (χ3v) is 5.52. The average Bonchev–Trinajstić information content (AvgIpc) is 3.02. The van der Waals surface area contributed by atoms with Gasteiger partial charge in [0.05, 0.1) is 18.5 Å². The summed E-state index contributed by atoms with van der Waals surface area (Å²) in [6.45, 7) is 0. The third kappa shape index (κ3) is 2.77. The summed E-state index contributed by atoms with van der Waals surface area (Å²) in [5.41, 5.74) is 5.61. The van der Waals surface area contributed by atoms with E-state index in [4.69, 9.17) is 9.84 Å². The molecule has 1 fully saturated rings. The lowest BCUT2D eigenvalue weighted by Crippen LogP contribution is -2.09. The summed E-state index contributed by atoms with van der Waals surface area (Å²) < 4.78 is 7.51. The van der Waals surface area contributed by atoms with Gasteiger partial charge in [-0.2, -0.15) is 5.10 Å². The van der Waals surface area contributed by atoms with Crippen molar-refractivity contribution in [3.63, 3.8) is 0 Å². The van der Waals surface area contributed by atoms with Crippen molar-refractivity contribution in [2.24, 2.45) is 0 Å². The molecule has 0 bridgehead atoms. The Kier molecular flexibility index (Phi) is 4.11. The molecule has 0 atom stereocenters. The lowest BCUT2D eigenvalue weighted by atomic mass is 9.83. The Morgan fingerprint density at radius 3 is 2.43 bits per heavy atom. The number of hydrogen-bond donors (Lipinski definition) is 0. The van der Waals surface area contributed by atoms with E-state index in [0.29, 0.717) is 5.92 Å². The number of fused-ring (bicyclic) bond motifs is 1. The maximum Gasteiger partial charge on any atom is 0.119 e. The summed E-state index contributed by atoms with van der Waals surface area (Å²) in [5.74, 6) is 1.59. The summed E-state index contributed by atoms with van der Waals surface area (Å²) in [6.07, 6.45) is 11.8. The van der Waals surface area contributed by atoms with Crippen LogP contribution in [0.1, 0.15) is 67.8 Å². The maximum absolute atomic E-state index is 5.29. The number of benzene rings is 1. The fourth-order valence-corrected chi connectivity index (χ4v) is 4.27. The monoisotopic (exact) mass is 310 g/mol. The van der Waals surface area contributed by atoms with Gasteiger partial charge >= 0.3 is 0 Å². The van der Waals surface area contributed by atoms with Gasteiger partial charge in [-0.3, -0.25) is 0 Å². The Hall–Kier alpha value is -1.77. The molecule has 2 aliphatic rings. The summed E-state index contributed by atoms with van der Waals surface area (Å²) in [7, 11) is 1.71. The normalized spacial score (nSPS) is 18.7. The highest BCUT2D eigenvalue weighted by Gasteiger charge is 2.27. The lowest BCUT2D eigenvalue weighted by molar-refractivity contribution is 0.414. The molecule has 3 nitrogen and oxygen atoms in total. The highest BCUT2D eigenvalue weighted by atomic mass is 16.5. The highest BCUT2D eigenvalue weighted by molar-refractivity contribution is 5.42. The van der Waals surface area contributed by atoms with Crippen molar-refractivity contribution in [1.29, 1.82) is 0 Å². The molecule has 122 valence electrons. The van der Waals surface area contributed by atoms with Crippen LogP contribution in [0.5, 0.6) is 5.75 Å². The summed E-state index contributed by atoms with van der Waals surface area (Å²) in [5, 5.41) is 5.12. The number of hydrogen-bond acceptors (Lipinski definition) is 2. The fraction of sp³-hybridized carbons (Fsp3) is 0.550. The molecule has 0 spiro atoms. The zero-order chi connectivity index (χ0) is 15.6. The Morgan fingerprint density at radius 1 is 0.957 bits per heavy atom. The van der Waals surface area contributed by atoms with Gasteiger partial charge in [-0.25, -0.2) is 4.68 Å². The molecule has 0 radical (unpaired) electrons. The molecule has 3 heteroatoms. The lowest BCUT2D eigenvalue weighted by Gasteiger charge is -2.22. The molecule has 0 saturated heterocycles. The van der Waals surface area contributed by atoms with Crippen molar-refractivity contribution in [3.8, 4) is 11.4 Å². The van der Waals surface area contributed by atoms with E-state index in [2.05, 4.69) is 16.8 Å². The van der Waals surface area contributed by atoms with Gasteiger partial charge < -0.3 is 4.74 Å². The summed E-state index contributed by atoms with van der Waals surface area (Å²) in [6, 6.07) is 8.33. The molecular weight excluding hydrogens is 284 g/mol. The molecule has 1 saturated carbocycles. The van der Waals surface area contributed by atoms with Crippen LogP contribution in [-0.4, -0.2) is 16.9 Å². The maximum atomic E-state index is 5.29. The fourth-order valence-electron chi connectivity index (χ4n) is 4.27. The summed E-state index contributed by atoms with van der Waals surface area (Å²) >= 11 is 0. The molecule has 0 amide bonds. The van der Waals surface area contributed by atoms with Crippen LogP contribution in [0.25, 0.3) is 5.69 Å². The van der Waals surface area contributed by atoms with Crippen LogP contribution in [0.2, 0.25) is 0 Å². The van der Waals surface area contributed by atoms with Crippen LogP contribution in [0, 0.1) is 0 Å². The van der Waals surface area contributed by atoms with Crippen molar-refractivity contribution in [1.82, 2.24) is 9.78 Å². The Labute approximate surface area is 138 Å². The SMILES string of the molecule is COc1ccc(-n2nc(C3CCCCC3)c3c2CCCC3)cc1. The molecule has 4 rings (SSSR count). The highest BCUT2D eigenvalue weighted by Crippen LogP contribution is 2.37. The van der Waals surface area contributed by atoms with Crippen LogP contribution in [-0.2, 0) is 12.8 Å². The molecule has 1 aromatic heterocycles. The number of rotatable bonds is 3. The van der Waals surface area contributed by atoms with E-state index in [0.717, 1.165) is 5.75 Å². The standard InChI is InChI=1S/C20H26N2O/c1-23-17-13-11-16(12-14-17)22-19-10-6-5-9-18(19)20(21-22)15-7-3-2-4-8-15/h11-15H,2-10H2,1H3. The Balaban J connectivity index is 1.75. The second kappa shape index (κ2) is 6.38. The van der Waals surface area contributed by atoms with E-state index in [9.17, 15) is 0 Å². The van der Waals surface area contributed by atoms with Gasteiger partial charge in [0.25, 0.3) is 0 Å². The number of ether oxygens (including phenoxy) is 1. The number of aromatic nitrogens is 2. The largest absolute Gasteiger partial charge is 0.497 e. The second-order valence-electron chi connectivity index (χ2n) is 6.96. The average molecular weight is 310 g/mol. The van der Waals surface area contributed by atoms with Gasteiger partial charge in [0.1, 0.15) is 5.75 Å². The van der Waals surface area contributed by atoms with Crippen LogP contribution >= 0.6 is 0 Å². The van der Waals surface area contributed by atoms with Gasteiger partial charge in [0.15, 0.2) is 0 Å². The van der Waals surface area contributed by atoms with Crippen molar-refractivity contribution >= 4 is 0 Å². The molecule has 0 aliphatic heterocycles. The molecule has 0 N–H and O–H groups in total. The number of nitrogens with zero attached hydrogens (tertiary/aromatic N) is 2. The molecule has 1 heterocycles. The molecular formula is C20H26N2O. The van der Waals surface area contributed by atoms with E-state index in [1.807, 2.05) is 12.1 Å². The zero-order valence-corrected chi connectivity index (χ0v) is 14.1. The first-order valence-electron chi connectivity index (χ1n) is 9.12. The van der Waals surface area contributed by atoms with E-state index in [-0.39, 0.29) is 0 Å². The van der Waals surface area contributed by atoms with Gasteiger partial charge in [0.2, 0.25) is 0 Å². The quantitative estimate of drug-likeness (QED) is 0.813. The number of methoxy groups -OCH3 is 1. The van der Waals surface area contributed by atoms with Crippen LogP contribution < -0.4 is 4.74 Å². The molecule has 2 aliphatic carbocycles. The molecule has 0 unspecified atom stereocenters. The van der Waals surface area contributed by atoms with Gasteiger partial charge in [-0.15, -0.1) is 0 Å². The minimum atomic E-state index is 0.690. The molecule has 1 aromatic carbocycles. The minimum Gasteiger partial charge on any atom is -0.497 e. The first kappa shape index (κ1) is 14.8. The predicted octanol–water partition coefficient (Wildman–Crippen LogP) is 4.81. The smallest absolute Gasteiger partial charge is 0.119 e. The van der Waals surface area contributed by atoms with Gasteiger partial charge in [-0.05, 0) is 68.4 Å². The van der Waals surface area contributed by atoms with Gasteiger partial charge in [0, 0.05) is 11.6 Å². The van der Waals surface area contributed by atoms with Crippen molar-refractivity contribution in [2.75, 3.05) is 7.11 Å². The predicted molar refractivity (Wildman–Crippen MR) is 92.6 cm³/mol. The first-order chi connectivity index (χ1) is 11.4. The van der Waals surface area contributed by atoms with E-state index < -0.39 is 0 Å². The molecule has 23 heavy (non-hydrogen) atoms. The zero-order valence-electron chi connectivity index (χ0n) is 14.1. The van der Waals surface area contributed by atoms with Gasteiger partial charge in [-0.1, -0.05) is 19.3 Å². The Bertz CT molecular complexity index is 666. The van der Waals surface area contributed by atoms with Crippen LogP contribution in [0.15, 0.2) is 24.3 Å². The van der Waals surface area contributed by atoms with Crippen molar-refractivity contribution in [3.05, 3.63) is 41.2 Å². The van der Waals surface area contributed by atoms with Crippen molar-refractivity contribution in [2.45, 2.75) is 63.7 Å². The van der Waals surface area contributed by atoms with E-state index in [1.165, 1.54) is 74.9 Å². The van der Waals surface area contributed by atoms with E-state index >= 15 is 0 Å². The topological polar surface area (TPSA) is 27.1 Å².